The van der Waals surface area contributed by atoms with Crippen LogP contribution in [-0.2, 0) is 26.0 Å². The highest BCUT2D eigenvalue weighted by molar-refractivity contribution is 7.89. The van der Waals surface area contributed by atoms with Crippen molar-refractivity contribution in [1.82, 2.24) is 4.72 Å². The summed E-state index contributed by atoms with van der Waals surface area (Å²) in [5.41, 5.74) is 1.98. The monoisotopic (exact) mass is 402 g/mol. The molecule has 0 fully saturated rings. The second-order valence-corrected chi connectivity index (χ2v) is 8.32. The number of fused-ring (bicyclic) bond motifs is 1. The maximum atomic E-state index is 12.6. The van der Waals surface area contributed by atoms with Crippen molar-refractivity contribution in [3.05, 3.63) is 59.7 Å². The van der Waals surface area contributed by atoms with Gasteiger partial charge < -0.3 is 9.64 Å². The third kappa shape index (κ3) is 4.07. The summed E-state index contributed by atoms with van der Waals surface area (Å²) in [5.74, 6) is -1.07. The average molecular weight is 402 g/mol. The maximum absolute atomic E-state index is 12.6. The number of hydrogen-bond donors (Lipinski definition) is 1. The number of carbonyl (C=O) groups excluding carboxylic acids is 2. The van der Waals surface area contributed by atoms with E-state index >= 15 is 0 Å². The van der Waals surface area contributed by atoms with E-state index in [9.17, 15) is 18.0 Å². The lowest BCUT2D eigenvalue weighted by Gasteiger charge is -2.22. The van der Waals surface area contributed by atoms with E-state index in [1.165, 1.54) is 24.3 Å². The predicted octanol–water partition coefficient (Wildman–Crippen LogP) is 2.12. The lowest BCUT2D eigenvalue weighted by Crippen LogP contribution is -2.38. The van der Waals surface area contributed by atoms with E-state index in [2.05, 4.69) is 4.72 Å². The van der Waals surface area contributed by atoms with Crippen LogP contribution in [0.5, 0.6) is 0 Å². The molecule has 0 unspecified atom stereocenters. The van der Waals surface area contributed by atoms with Gasteiger partial charge >= 0.3 is 5.97 Å². The Morgan fingerprint density at radius 3 is 2.68 bits per heavy atom. The lowest BCUT2D eigenvalue weighted by atomic mass is 10.1. The fourth-order valence-corrected chi connectivity index (χ4v) is 4.38. The van der Waals surface area contributed by atoms with Crippen LogP contribution in [0.3, 0.4) is 0 Å². The molecular formula is C20H22N2O5S. The molecule has 0 saturated carbocycles. The van der Waals surface area contributed by atoms with E-state index in [0.717, 1.165) is 17.7 Å². The van der Waals surface area contributed by atoms with Crippen LogP contribution in [0.15, 0.2) is 53.4 Å². The summed E-state index contributed by atoms with van der Waals surface area (Å²) >= 11 is 0. The van der Waals surface area contributed by atoms with Crippen LogP contribution in [0.1, 0.15) is 29.8 Å². The van der Waals surface area contributed by atoms with Crippen LogP contribution in [0.2, 0.25) is 0 Å². The smallest absolute Gasteiger partial charge is 0.338 e. The number of nitrogens with zero attached hydrogens (tertiary/aromatic N) is 1. The molecule has 1 aliphatic heterocycles. The summed E-state index contributed by atoms with van der Waals surface area (Å²) in [6.07, 6.45) is 0.750. The number of benzene rings is 2. The minimum absolute atomic E-state index is 0.0165. The predicted molar refractivity (Wildman–Crippen MR) is 105 cm³/mol. The summed E-state index contributed by atoms with van der Waals surface area (Å²) in [5, 5.41) is 0. The Kier molecular flexibility index (Phi) is 5.81. The molecule has 2 aromatic carbocycles. The van der Waals surface area contributed by atoms with Gasteiger partial charge in [-0.25, -0.2) is 17.9 Å². The Labute approximate surface area is 164 Å². The number of nitrogens with one attached hydrogen (secondary N) is 1. The fraction of sp³-hybridized carbons (Fsp3) is 0.300. The Morgan fingerprint density at radius 1 is 1.18 bits per heavy atom. The van der Waals surface area contributed by atoms with Crippen molar-refractivity contribution in [3.8, 4) is 0 Å². The van der Waals surface area contributed by atoms with E-state index in [4.69, 9.17) is 4.74 Å². The Hall–Kier alpha value is -2.71. The standard InChI is InChI=1S/C20H22N2O5S/c1-3-21-28(25,26)17-9-6-8-16(12-17)20(24)27-13-19(23)22-14(2)11-15-7-4-5-10-18(15)22/h4-10,12,14,21H,3,11,13H2,1-2H3/t14-/m1/s1. The first-order valence-corrected chi connectivity index (χ1v) is 10.5. The van der Waals surface area contributed by atoms with Gasteiger partial charge in [-0.1, -0.05) is 31.2 Å². The van der Waals surface area contributed by atoms with E-state index in [-0.39, 0.29) is 29.0 Å². The van der Waals surface area contributed by atoms with E-state index in [1.54, 1.807) is 11.8 Å². The Bertz CT molecular complexity index is 1000. The van der Waals surface area contributed by atoms with Crippen molar-refractivity contribution in [2.24, 2.45) is 0 Å². The SMILES string of the molecule is CCNS(=O)(=O)c1cccc(C(=O)OCC(=O)N2c3ccccc3C[C@H]2C)c1. The van der Waals surface area contributed by atoms with Crippen molar-refractivity contribution in [1.29, 1.82) is 0 Å². The van der Waals surface area contributed by atoms with Gasteiger partial charge in [0.2, 0.25) is 10.0 Å². The highest BCUT2D eigenvalue weighted by Gasteiger charge is 2.31. The van der Waals surface area contributed by atoms with E-state index in [0.29, 0.717) is 0 Å². The molecule has 28 heavy (non-hydrogen) atoms. The first kappa shape index (κ1) is 20.0. The lowest BCUT2D eigenvalue weighted by molar-refractivity contribution is -0.122. The number of para-hydroxylation sites is 1. The van der Waals surface area contributed by atoms with Crippen LogP contribution in [0, 0.1) is 0 Å². The molecule has 1 N–H and O–H groups in total. The molecule has 1 aliphatic rings. The molecule has 3 rings (SSSR count). The summed E-state index contributed by atoms with van der Waals surface area (Å²) < 4.78 is 31.7. The molecule has 0 saturated heterocycles. The molecule has 0 spiro atoms. The van der Waals surface area contributed by atoms with Crippen molar-refractivity contribution in [2.75, 3.05) is 18.1 Å². The van der Waals surface area contributed by atoms with Gasteiger partial charge in [0.1, 0.15) is 0 Å². The number of amides is 1. The van der Waals surface area contributed by atoms with Crippen molar-refractivity contribution >= 4 is 27.6 Å². The van der Waals surface area contributed by atoms with Crippen LogP contribution in [0.25, 0.3) is 0 Å². The highest BCUT2D eigenvalue weighted by Crippen LogP contribution is 2.31. The zero-order valence-electron chi connectivity index (χ0n) is 15.7. The molecule has 1 atom stereocenters. The molecule has 0 aromatic heterocycles. The van der Waals surface area contributed by atoms with Crippen LogP contribution in [0.4, 0.5) is 5.69 Å². The van der Waals surface area contributed by atoms with Crippen molar-refractivity contribution < 1.29 is 22.7 Å². The number of hydrogen-bond acceptors (Lipinski definition) is 5. The van der Waals surface area contributed by atoms with Gasteiger partial charge in [0.15, 0.2) is 6.61 Å². The minimum Gasteiger partial charge on any atom is -0.452 e. The largest absolute Gasteiger partial charge is 0.452 e. The molecule has 0 bridgehead atoms. The number of sulfonamides is 1. The van der Waals surface area contributed by atoms with Gasteiger partial charge in [0, 0.05) is 18.3 Å². The summed E-state index contributed by atoms with van der Waals surface area (Å²) in [6.45, 7) is 3.43. The first-order chi connectivity index (χ1) is 13.3. The van der Waals surface area contributed by atoms with Gasteiger partial charge in [-0.05, 0) is 43.2 Å². The first-order valence-electron chi connectivity index (χ1n) is 9.00. The normalized spacial score (nSPS) is 15.9. The number of carbonyl (C=O) groups is 2. The number of esters is 1. The molecule has 0 radical (unpaired) electrons. The number of rotatable bonds is 6. The second-order valence-electron chi connectivity index (χ2n) is 6.55. The Morgan fingerprint density at radius 2 is 1.93 bits per heavy atom. The number of anilines is 1. The third-order valence-corrected chi connectivity index (χ3v) is 6.06. The van der Waals surface area contributed by atoms with Gasteiger partial charge in [-0.15, -0.1) is 0 Å². The molecule has 1 heterocycles. The van der Waals surface area contributed by atoms with Crippen molar-refractivity contribution in [3.63, 3.8) is 0 Å². The summed E-state index contributed by atoms with van der Waals surface area (Å²) in [6, 6.07) is 13.1. The fourth-order valence-electron chi connectivity index (χ4n) is 3.29. The van der Waals surface area contributed by atoms with Gasteiger partial charge in [-0.2, -0.15) is 0 Å². The van der Waals surface area contributed by atoms with Crippen molar-refractivity contribution in [2.45, 2.75) is 31.2 Å². The zero-order chi connectivity index (χ0) is 20.3. The van der Waals surface area contributed by atoms with E-state index in [1.807, 2.05) is 31.2 Å². The number of ether oxygens (including phenoxy) is 1. The molecule has 1 amide bonds. The molecular weight excluding hydrogens is 380 g/mol. The molecule has 7 nitrogen and oxygen atoms in total. The van der Waals surface area contributed by atoms with Gasteiger partial charge in [-0.3, -0.25) is 4.79 Å². The quantitative estimate of drug-likeness (QED) is 0.747. The zero-order valence-corrected chi connectivity index (χ0v) is 16.5. The Balaban J connectivity index is 1.69. The van der Waals surface area contributed by atoms with E-state index < -0.39 is 22.6 Å². The maximum Gasteiger partial charge on any atom is 0.338 e. The molecule has 148 valence electrons. The molecule has 2 aromatic rings. The highest BCUT2D eigenvalue weighted by atomic mass is 32.2. The third-order valence-electron chi connectivity index (χ3n) is 4.52. The molecule has 8 heteroatoms. The van der Waals surface area contributed by atoms with Crippen LogP contribution in [-0.4, -0.2) is 39.5 Å². The summed E-state index contributed by atoms with van der Waals surface area (Å²) in [4.78, 5) is 26.5. The van der Waals surface area contributed by atoms with Gasteiger partial charge in [0.05, 0.1) is 10.5 Å². The van der Waals surface area contributed by atoms with Crippen LogP contribution < -0.4 is 9.62 Å². The second kappa shape index (κ2) is 8.12. The summed E-state index contributed by atoms with van der Waals surface area (Å²) in [7, 11) is -3.68. The van der Waals surface area contributed by atoms with Crippen LogP contribution >= 0.6 is 0 Å². The van der Waals surface area contributed by atoms with Gasteiger partial charge in [0.25, 0.3) is 5.91 Å². The topological polar surface area (TPSA) is 92.8 Å². The minimum atomic E-state index is -3.68. The average Bonchev–Trinajstić information content (AvgIpc) is 3.01. The molecule has 0 aliphatic carbocycles.